The van der Waals surface area contributed by atoms with Gasteiger partial charge in [0.1, 0.15) is 0 Å². The second-order valence-electron chi connectivity index (χ2n) is 7.92. The van der Waals surface area contributed by atoms with E-state index in [0.717, 1.165) is 30.8 Å². The Kier molecular flexibility index (Phi) is 5.20. The van der Waals surface area contributed by atoms with Crippen LogP contribution in [0.15, 0.2) is 36.4 Å². The number of nitrogens with zero attached hydrogens (tertiary/aromatic N) is 1. The molecule has 28 heavy (non-hydrogen) atoms. The van der Waals surface area contributed by atoms with Gasteiger partial charge < -0.3 is 9.30 Å². The quantitative estimate of drug-likeness (QED) is 0.511. The summed E-state index contributed by atoms with van der Waals surface area (Å²) in [6.07, 6.45) is 3.65. The Morgan fingerprint density at radius 3 is 2.68 bits per heavy atom. The molecule has 1 aliphatic rings. The predicted octanol–water partition coefficient (Wildman–Crippen LogP) is 5.94. The minimum Gasteiger partial charge on any atom is -0.469 e. The molecule has 4 heteroatoms. The molecule has 2 aromatic carbocycles. The van der Waals surface area contributed by atoms with Crippen LogP contribution >= 0.6 is 11.6 Å². The number of halogens is 1. The molecule has 1 aromatic heterocycles. The van der Waals surface area contributed by atoms with Gasteiger partial charge in [0.05, 0.1) is 19.0 Å². The Morgan fingerprint density at radius 1 is 1.21 bits per heavy atom. The summed E-state index contributed by atoms with van der Waals surface area (Å²) < 4.78 is 7.43. The molecular weight excluding hydrogens is 370 g/mol. The molecule has 0 aliphatic heterocycles. The van der Waals surface area contributed by atoms with Gasteiger partial charge in [-0.1, -0.05) is 35.4 Å². The highest BCUT2D eigenvalue weighted by Crippen LogP contribution is 2.42. The summed E-state index contributed by atoms with van der Waals surface area (Å²) in [4.78, 5) is 12.1. The summed E-state index contributed by atoms with van der Waals surface area (Å²) in [7, 11) is 1.48. The second-order valence-corrected chi connectivity index (χ2v) is 8.36. The van der Waals surface area contributed by atoms with Crippen LogP contribution in [-0.2, 0) is 22.5 Å². The van der Waals surface area contributed by atoms with Gasteiger partial charge in [-0.25, -0.2) is 0 Å². The number of carbonyl (C=O) groups excluding carboxylic acids is 1. The zero-order valence-electron chi connectivity index (χ0n) is 16.7. The van der Waals surface area contributed by atoms with E-state index in [2.05, 4.69) is 42.7 Å². The summed E-state index contributed by atoms with van der Waals surface area (Å²) in [5.41, 5.74) is 7.81. The van der Waals surface area contributed by atoms with E-state index in [1.807, 2.05) is 12.1 Å². The maximum Gasteiger partial charge on any atom is 0.306 e. The van der Waals surface area contributed by atoms with Gasteiger partial charge in [0.2, 0.25) is 0 Å². The van der Waals surface area contributed by atoms with Crippen molar-refractivity contribution < 1.29 is 9.53 Å². The molecule has 0 saturated heterocycles. The largest absolute Gasteiger partial charge is 0.469 e. The Bertz CT molecular complexity index is 1030. The highest BCUT2D eigenvalue weighted by atomic mass is 35.5. The first-order valence-electron chi connectivity index (χ1n) is 9.91. The smallest absolute Gasteiger partial charge is 0.306 e. The number of ether oxygens (including phenoxy) is 1. The van der Waals surface area contributed by atoms with Gasteiger partial charge in [0.15, 0.2) is 0 Å². The maximum atomic E-state index is 12.1. The predicted molar refractivity (Wildman–Crippen MR) is 114 cm³/mol. The van der Waals surface area contributed by atoms with Gasteiger partial charge in [-0.3, -0.25) is 4.79 Å². The van der Waals surface area contributed by atoms with Crippen molar-refractivity contribution in [1.82, 2.24) is 4.57 Å². The van der Waals surface area contributed by atoms with Crippen LogP contribution in [0.4, 0.5) is 0 Å². The SMILES string of the molecule is COC(=O)CC1CCCc2c1n(Cc1ccc(Cl)cc1)c1c(C)cc(C)cc21. The van der Waals surface area contributed by atoms with Crippen molar-refractivity contribution in [1.29, 1.82) is 0 Å². The molecule has 4 rings (SSSR count). The first-order chi connectivity index (χ1) is 13.5. The highest BCUT2D eigenvalue weighted by Gasteiger charge is 2.30. The van der Waals surface area contributed by atoms with Crippen LogP contribution in [0.1, 0.15) is 53.1 Å². The minimum atomic E-state index is -0.131. The summed E-state index contributed by atoms with van der Waals surface area (Å²) in [5, 5.41) is 2.09. The number of aryl methyl sites for hydroxylation is 3. The third kappa shape index (κ3) is 3.44. The third-order valence-corrected chi connectivity index (χ3v) is 6.15. The highest BCUT2D eigenvalue weighted by molar-refractivity contribution is 6.30. The van der Waals surface area contributed by atoms with Crippen LogP contribution in [0.25, 0.3) is 10.9 Å². The molecule has 0 spiro atoms. The number of benzene rings is 2. The number of hydrogen-bond donors (Lipinski definition) is 0. The maximum absolute atomic E-state index is 12.1. The molecule has 1 atom stereocenters. The number of esters is 1. The van der Waals surface area contributed by atoms with Gasteiger partial charge in [-0.2, -0.15) is 0 Å². The van der Waals surface area contributed by atoms with Crippen molar-refractivity contribution in [3.05, 3.63) is 69.4 Å². The standard InChI is InChI=1S/C24H26ClNO2/c1-15-11-16(2)23-21(12-15)20-6-4-5-18(13-22(27)28-3)24(20)26(23)14-17-7-9-19(25)10-8-17/h7-12,18H,4-6,13-14H2,1-3H3. The van der Waals surface area contributed by atoms with Crippen LogP contribution in [-0.4, -0.2) is 17.6 Å². The molecule has 0 amide bonds. The third-order valence-electron chi connectivity index (χ3n) is 5.90. The van der Waals surface area contributed by atoms with Gasteiger partial charge in [0, 0.05) is 28.6 Å². The molecular formula is C24H26ClNO2. The summed E-state index contributed by atoms with van der Waals surface area (Å²) >= 11 is 6.08. The fraction of sp³-hybridized carbons (Fsp3) is 0.375. The summed E-state index contributed by atoms with van der Waals surface area (Å²) in [6.45, 7) is 5.13. The van der Waals surface area contributed by atoms with Crippen molar-refractivity contribution in [2.45, 2.75) is 52.0 Å². The van der Waals surface area contributed by atoms with Gasteiger partial charge in [0.25, 0.3) is 0 Å². The van der Waals surface area contributed by atoms with E-state index in [4.69, 9.17) is 16.3 Å². The fourth-order valence-corrected chi connectivity index (χ4v) is 4.91. The van der Waals surface area contributed by atoms with Crippen molar-refractivity contribution in [3.8, 4) is 0 Å². The average molecular weight is 396 g/mol. The Morgan fingerprint density at radius 2 is 1.96 bits per heavy atom. The zero-order chi connectivity index (χ0) is 19.8. The molecule has 0 radical (unpaired) electrons. The molecule has 3 aromatic rings. The van der Waals surface area contributed by atoms with Crippen LogP contribution in [0.3, 0.4) is 0 Å². The molecule has 1 aliphatic carbocycles. The first kappa shape index (κ1) is 19.1. The van der Waals surface area contributed by atoms with E-state index >= 15 is 0 Å². The van der Waals surface area contributed by atoms with E-state index in [-0.39, 0.29) is 11.9 Å². The van der Waals surface area contributed by atoms with E-state index in [1.165, 1.54) is 46.0 Å². The topological polar surface area (TPSA) is 31.2 Å². The molecule has 0 saturated carbocycles. The number of rotatable bonds is 4. The number of carbonyl (C=O) groups is 1. The zero-order valence-corrected chi connectivity index (χ0v) is 17.5. The number of hydrogen-bond acceptors (Lipinski definition) is 2. The van der Waals surface area contributed by atoms with E-state index in [0.29, 0.717) is 6.42 Å². The second kappa shape index (κ2) is 7.63. The van der Waals surface area contributed by atoms with Gasteiger partial charge in [-0.15, -0.1) is 0 Å². The molecule has 0 N–H and O–H groups in total. The van der Waals surface area contributed by atoms with E-state index in [9.17, 15) is 4.79 Å². The molecule has 3 nitrogen and oxygen atoms in total. The molecule has 1 heterocycles. The Hall–Kier alpha value is -2.26. The summed E-state index contributed by atoms with van der Waals surface area (Å²) in [5.74, 6) is 0.0738. The lowest BCUT2D eigenvalue weighted by molar-refractivity contribution is -0.141. The van der Waals surface area contributed by atoms with Gasteiger partial charge >= 0.3 is 5.97 Å². The average Bonchev–Trinajstić information content (AvgIpc) is 2.98. The lowest BCUT2D eigenvalue weighted by Crippen LogP contribution is -2.18. The number of aromatic nitrogens is 1. The Labute approximate surface area is 171 Å². The fourth-order valence-electron chi connectivity index (χ4n) is 4.78. The molecule has 0 bridgehead atoms. The molecule has 0 fully saturated rings. The number of fused-ring (bicyclic) bond motifs is 3. The van der Waals surface area contributed by atoms with Crippen LogP contribution in [0.2, 0.25) is 5.02 Å². The minimum absolute atomic E-state index is 0.131. The van der Waals surface area contributed by atoms with E-state index in [1.54, 1.807) is 0 Å². The van der Waals surface area contributed by atoms with Crippen LogP contribution in [0.5, 0.6) is 0 Å². The molecule has 1 unspecified atom stereocenters. The molecule has 146 valence electrons. The number of methoxy groups -OCH3 is 1. The first-order valence-corrected chi connectivity index (χ1v) is 10.3. The van der Waals surface area contributed by atoms with Crippen molar-refractivity contribution >= 4 is 28.5 Å². The van der Waals surface area contributed by atoms with Crippen molar-refractivity contribution in [3.63, 3.8) is 0 Å². The lowest BCUT2D eigenvalue weighted by Gasteiger charge is -2.25. The van der Waals surface area contributed by atoms with Crippen molar-refractivity contribution in [2.75, 3.05) is 7.11 Å². The normalized spacial score (nSPS) is 16.2. The summed E-state index contributed by atoms with van der Waals surface area (Å²) in [6, 6.07) is 12.6. The monoisotopic (exact) mass is 395 g/mol. The van der Waals surface area contributed by atoms with Crippen LogP contribution < -0.4 is 0 Å². The lowest BCUT2D eigenvalue weighted by atomic mass is 9.84. The van der Waals surface area contributed by atoms with Crippen LogP contribution in [0, 0.1) is 13.8 Å². The van der Waals surface area contributed by atoms with Gasteiger partial charge in [-0.05, 0) is 68.0 Å². The van der Waals surface area contributed by atoms with Crippen molar-refractivity contribution in [2.24, 2.45) is 0 Å². The Balaban J connectivity index is 1.91. The van der Waals surface area contributed by atoms with E-state index < -0.39 is 0 Å².